The number of hydrogen-bond acceptors (Lipinski definition) is 3. The van der Waals surface area contributed by atoms with Crippen molar-refractivity contribution in [2.24, 2.45) is 5.92 Å². The second kappa shape index (κ2) is 3.84. The lowest BCUT2D eigenvalue weighted by Crippen LogP contribution is -2.55. The number of nitrogens with one attached hydrogen (secondary N) is 1. The molecule has 3 heteroatoms. The minimum Gasteiger partial charge on any atom is -0.486 e. The third-order valence-corrected chi connectivity index (χ3v) is 4.03. The Morgan fingerprint density at radius 1 is 1.41 bits per heavy atom. The SMILES string of the molecule is CC1CNCCC12CC(=O)c1ccccc1O2. The van der Waals surface area contributed by atoms with Crippen LogP contribution in [0.1, 0.15) is 30.1 Å². The van der Waals surface area contributed by atoms with Crippen LogP contribution < -0.4 is 10.1 Å². The molecule has 0 amide bonds. The largest absolute Gasteiger partial charge is 0.486 e. The Hall–Kier alpha value is -1.35. The first-order valence-corrected chi connectivity index (χ1v) is 6.23. The van der Waals surface area contributed by atoms with Crippen LogP contribution in [0.25, 0.3) is 0 Å². The molecule has 2 aliphatic rings. The summed E-state index contributed by atoms with van der Waals surface area (Å²) in [4.78, 5) is 12.2. The number of ether oxygens (including phenoxy) is 1. The van der Waals surface area contributed by atoms with E-state index in [1.165, 1.54) is 0 Å². The summed E-state index contributed by atoms with van der Waals surface area (Å²) >= 11 is 0. The molecule has 1 N–H and O–H groups in total. The van der Waals surface area contributed by atoms with Crippen molar-refractivity contribution in [1.82, 2.24) is 5.32 Å². The average Bonchev–Trinajstić information content (AvgIpc) is 2.33. The van der Waals surface area contributed by atoms with Gasteiger partial charge in [0.05, 0.1) is 12.0 Å². The van der Waals surface area contributed by atoms with Crippen molar-refractivity contribution in [3.8, 4) is 5.75 Å². The minimum atomic E-state index is -0.281. The van der Waals surface area contributed by atoms with Crippen LogP contribution in [0.5, 0.6) is 5.75 Å². The molecule has 3 nitrogen and oxygen atoms in total. The van der Waals surface area contributed by atoms with Crippen LogP contribution in [-0.4, -0.2) is 24.5 Å². The highest BCUT2D eigenvalue weighted by atomic mass is 16.5. The molecule has 2 aliphatic heterocycles. The number of hydrogen-bond donors (Lipinski definition) is 1. The fourth-order valence-corrected chi connectivity index (χ4v) is 2.87. The molecule has 3 rings (SSSR count). The Morgan fingerprint density at radius 2 is 2.24 bits per heavy atom. The maximum Gasteiger partial charge on any atom is 0.170 e. The van der Waals surface area contributed by atoms with Crippen molar-refractivity contribution in [2.45, 2.75) is 25.4 Å². The number of benzene rings is 1. The van der Waals surface area contributed by atoms with Crippen molar-refractivity contribution in [3.05, 3.63) is 29.8 Å². The van der Waals surface area contributed by atoms with Crippen LogP contribution in [0.3, 0.4) is 0 Å². The van der Waals surface area contributed by atoms with E-state index in [0.29, 0.717) is 12.3 Å². The summed E-state index contributed by atoms with van der Waals surface area (Å²) in [6, 6.07) is 7.58. The van der Waals surface area contributed by atoms with Gasteiger partial charge in [-0.2, -0.15) is 0 Å². The molecule has 0 aliphatic carbocycles. The lowest BCUT2D eigenvalue weighted by Gasteiger charge is -2.45. The zero-order valence-corrected chi connectivity index (χ0v) is 10.0. The van der Waals surface area contributed by atoms with Gasteiger partial charge in [-0.3, -0.25) is 4.79 Å². The van der Waals surface area contributed by atoms with E-state index in [9.17, 15) is 4.79 Å². The topological polar surface area (TPSA) is 38.3 Å². The van der Waals surface area contributed by atoms with E-state index in [1.54, 1.807) is 0 Å². The summed E-state index contributed by atoms with van der Waals surface area (Å²) in [5, 5.41) is 3.35. The number of piperidine rings is 1. The lowest BCUT2D eigenvalue weighted by molar-refractivity contribution is -0.0188. The van der Waals surface area contributed by atoms with Crippen LogP contribution >= 0.6 is 0 Å². The third-order valence-electron chi connectivity index (χ3n) is 4.03. The first kappa shape index (κ1) is 10.8. The summed E-state index contributed by atoms with van der Waals surface area (Å²) < 4.78 is 6.18. The maximum absolute atomic E-state index is 12.2. The fourth-order valence-electron chi connectivity index (χ4n) is 2.87. The Morgan fingerprint density at radius 3 is 3.06 bits per heavy atom. The van der Waals surface area contributed by atoms with Crippen molar-refractivity contribution in [2.75, 3.05) is 13.1 Å². The monoisotopic (exact) mass is 231 g/mol. The number of rotatable bonds is 0. The Bertz CT molecular complexity index is 457. The smallest absolute Gasteiger partial charge is 0.170 e. The van der Waals surface area contributed by atoms with Gasteiger partial charge in [-0.1, -0.05) is 19.1 Å². The molecular formula is C14H17NO2. The Labute approximate surface area is 101 Å². The molecule has 2 unspecified atom stereocenters. The molecule has 0 radical (unpaired) electrons. The molecule has 0 bridgehead atoms. The number of ketones is 1. The van der Waals surface area contributed by atoms with Gasteiger partial charge in [-0.25, -0.2) is 0 Å². The van der Waals surface area contributed by atoms with E-state index in [1.807, 2.05) is 24.3 Å². The van der Waals surface area contributed by atoms with Crippen molar-refractivity contribution < 1.29 is 9.53 Å². The van der Waals surface area contributed by atoms with Crippen molar-refractivity contribution >= 4 is 5.78 Å². The predicted molar refractivity (Wildman–Crippen MR) is 65.4 cm³/mol. The van der Waals surface area contributed by atoms with Crippen LogP contribution in [0.4, 0.5) is 0 Å². The zero-order valence-electron chi connectivity index (χ0n) is 10.0. The molecule has 0 aromatic heterocycles. The lowest BCUT2D eigenvalue weighted by atomic mass is 9.76. The van der Waals surface area contributed by atoms with Gasteiger partial charge < -0.3 is 10.1 Å². The number of fused-ring (bicyclic) bond motifs is 1. The molecule has 1 spiro atoms. The standard InChI is InChI=1S/C14H17NO2/c1-10-9-15-7-6-14(10)8-12(16)11-4-2-3-5-13(11)17-14/h2-5,10,15H,6-9H2,1H3. The minimum absolute atomic E-state index is 0.223. The van der Waals surface area contributed by atoms with E-state index >= 15 is 0 Å². The third kappa shape index (κ3) is 1.65. The van der Waals surface area contributed by atoms with Gasteiger partial charge in [-0.05, 0) is 18.7 Å². The summed E-state index contributed by atoms with van der Waals surface area (Å²) in [7, 11) is 0. The van der Waals surface area contributed by atoms with Crippen LogP contribution in [0.2, 0.25) is 0 Å². The highest BCUT2D eigenvalue weighted by Gasteiger charge is 2.45. The Kier molecular flexibility index (Phi) is 2.44. The first-order chi connectivity index (χ1) is 8.21. The zero-order chi connectivity index (χ0) is 11.9. The molecule has 2 atom stereocenters. The van der Waals surface area contributed by atoms with Gasteiger partial charge in [0, 0.05) is 18.9 Å². The maximum atomic E-state index is 12.2. The number of carbonyl (C=O) groups excluding carboxylic acids is 1. The second-order valence-electron chi connectivity index (χ2n) is 5.12. The van der Waals surface area contributed by atoms with E-state index in [2.05, 4.69) is 12.2 Å². The van der Waals surface area contributed by atoms with Crippen molar-refractivity contribution in [1.29, 1.82) is 0 Å². The summed E-state index contributed by atoms with van der Waals surface area (Å²) in [6.45, 7) is 4.02. The van der Waals surface area contributed by atoms with Gasteiger partial charge in [0.2, 0.25) is 0 Å². The van der Waals surface area contributed by atoms with E-state index in [0.717, 1.165) is 30.8 Å². The first-order valence-electron chi connectivity index (χ1n) is 6.23. The fraction of sp³-hybridized carbons (Fsp3) is 0.500. The average molecular weight is 231 g/mol. The molecule has 0 saturated carbocycles. The van der Waals surface area contributed by atoms with Crippen LogP contribution in [-0.2, 0) is 0 Å². The Balaban J connectivity index is 2.00. The normalized spacial score (nSPS) is 32.1. The summed E-state index contributed by atoms with van der Waals surface area (Å²) in [5.41, 5.74) is 0.459. The molecule has 1 aromatic rings. The van der Waals surface area contributed by atoms with Gasteiger partial charge >= 0.3 is 0 Å². The van der Waals surface area contributed by atoms with E-state index in [-0.39, 0.29) is 11.4 Å². The highest BCUT2D eigenvalue weighted by molar-refractivity contribution is 6.00. The molecule has 2 heterocycles. The molecule has 17 heavy (non-hydrogen) atoms. The molecule has 1 fully saturated rings. The van der Waals surface area contributed by atoms with Crippen molar-refractivity contribution in [3.63, 3.8) is 0 Å². The van der Waals surface area contributed by atoms with Crippen LogP contribution in [0, 0.1) is 5.92 Å². The number of carbonyl (C=O) groups is 1. The van der Waals surface area contributed by atoms with Crippen LogP contribution in [0.15, 0.2) is 24.3 Å². The van der Waals surface area contributed by atoms with Gasteiger partial charge in [0.25, 0.3) is 0 Å². The molecule has 90 valence electrons. The number of para-hydroxylation sites is 1. The van der Waals surface area contributed by atoms with E-state index in [4.69, 9.17) is 4.74 Å². The summed E-state index contributed by atoms with van der Waals surface area (Å²) in [6.07, 6.45) is 1.43. The second-order valence-corrected chi connectivity index (χ2v) is 5.12. The summed E-state index contributed by atoms with van der Waals surface area (Å²) in [5.74, 6) is 1.35. The predicted octanol–water partition coefficient (Wildman–Crippen LogP) is 2.02. The van der Waals surface area contributed by atoms with Gasteiger partial charge in [0.1, 0.15) is 11.4 Å². The van der Waals surface area contributed by atoms with Gasteiger partial charge in [-0.15, -0.1) is 0 Å². The quantitative estimate of drug-likeness (QED) is 0.742. The molecule has 1 aromatic carbocycles. The molecular weight excluding hydrogens is 214 g/mol. The number of Topliss-reactive ketones (excluding diaryl/α,β-unsaturated/α-hetero) is 1. The molecule has 1 saturated heterocycles. The highest BCUT2D eigenvalue weighted by Crippen LogP contribution is 2.40. The van der Waals surface area contributed by atoms with Gasteiger partial charge in [0.15, 0.2) is 5.78 Å². The van der Waals surface area contributed by atoms with E-state index < -0.39 is 0 Å².